The maximum absolute atomic E-state index is 14.6. The topological polar surface area (TPSA) is 87.8 Å². The van der Waals surface area contributed by atoms with Crippen LogP contribution in [0, 0.1) is 5.82 Å². The summed E-state index contributed by atoms with van der Waals surface area (Å²) in [5.41, 5.74) is 1.50. The fraction of sp³-hybridized carbons (Fsp3) is 0.345. The van der Waals surface area contributed by atoms with Crippen LogP contribution in [0.15, 0.2) is 76.4 Å². The number of amides is 2. The van der Waals surface area contributed by atoms with Gasteiger partial charge in [-0.2, -0.15) is 5.10 Å². The lowest BCUT2D eigenvalue weighted by Gasteiger charge is -2.31. The molecule has 9 nitrogen and oxygen atoms in total. The Kier molecular flexibility index (Phi) is 8.33. The Morgan fingerprint density at radius 3 is 2.54 bits per heavy atom. The van der Waals surface area contributed by atoms with Crippen LogP contribution in [0.4, 0.5) is 4.39 Å². The summed E-state index contributed by atoms with van der Waals surface area (Å²) in [6, 6.07) is 16.4. The molecule has 3 aromatic rings. The van der Waals surface area contributed by atoms with E-state index in [1.807, 2.05) is 24.3 Å². The second kappa shape index (κ2) is 12.2. The number of ether oxygens (including phenoxy) is 2. The van der Waals surface area contributed by atoms with Gasteiger partial charge in [-0.25, -0.2) is 9.40 Å². The normalized spacial score (nSPS) is 17.6. The molecule has 0 N–H and O–H groups in total. The highest BCUT2D eigenvalue weighted by molar-refractivity contribution is 6.03. The van der Waals surface area contributed by atoms with Gasteiger partial charge in [-0.3, -0.25) is 14.5 Å². The lowest BCUT2D eigenvalue weighted by molar-refractivity contribution is -0.134. The summed E-state index contributed by atoms with van der Waals surface area (Å²) < 4.78 is 30.9. The third-order valence-corrected chi connectivity index (χ3v) is 6.97. The van der Waals surface area contributed by atoms with Gasteiger partial charge < -0.3 is 18.8 Å². The number of morpholine rings is 1. The van der Waals surface area contributed by atoms with E-state index in [-0.39, 0.29) is 24.6 Å². The van der Waals surface area contributed by atoms with Gasteiger partial charge in [-0.15, -0.1) is 0 Å². The largest absolute Gasteiger partial charge is 0.497 e. The fourth-order valence-corrected chi connectivity index (χ4v) is 4.78. The molecule has 39 heavy (non-hydrogen) atoms. The van der Waals surface area contributed by atoms with Crippen LogP contribution in [0.1, 0.15) is 34.1 Å². The number of hydrogen-bond acceptors (Lipinski definition) is 7. The average molecular weight is 535 g/mol. The molecule has 2 amide bonds. The van der Waals surface area contributed by atoms with Crippen molar-refractivity contribution in [3.63, 3.8) is 0 Å². The van der Waals surface area contributed by atoms with Crippen molar-refractivity contribution in [2.75, 3.05) is 53.0 Å². The Morgan fingerprint density at radius 2 is 1.85 bits per heavy atom. The molecule has 0 spiro atoms. The maximum Gasteiger partial charge on any atom is 0.262 e. The first-order valence-corrected chi connectivity index (χ1v) is 12.9. The molecule has 0 bridgehead atoms. The van der Waals surface area contributed by atoms with Crippen LogP contribution in [0.3, 0.4) is 0 Å². The summed E-state index contributed by atoms with van der Waals surface area (Å²) in [6.45, 7) is 3.24. The van der Waals surface area contributed by atoms with Gasteiger partial charge in [0.2, 0.25) is 0 Å². The highest BCUT2D eigenvalue weighted by Crippen LogP contribution is 2.33. The fourth-order valence-electron chi connectivity index (χ4n) is 4.78. The van der Waals surface area contributed by atoms with E-state index < -0.39 is 17.8 Å². The Balaban J connectivity index is 1.39. The van der Waals surface area contributed by atoms with Gasteiger partial charge in [0, 0.05) is 32.6 Å². The number of nitrogens with zero attached hydrogens (tertiary/aromatic N) is 4. The van der Waals surface area contributed by atoms with E-state index in [9.17, 15) is 14.0 Å². The number of methoxy groups -OCH3 is 1. The highest BCUT2D eigenvalue weighted by Gasteiger charge is 2.36. The molecule has 1 aromatic heterocycles. The van der Waals surface area contributed by atoms with E-state index in [0.29, 0.717) is 37.7 Å². The van der Waals surface area contributed by atoms with Crippen molar-refractivity contribution in [3.8, 4) is 5.75 Å². The van der Waals surface area contributed by atoms with Gasteiger partial charge in [0.25, 0.3) is 11.8 Å². The number of rotatable bonds is 9. The van der Waals surface area contributed by atoms with E-state index in [2.05, 4.69) is 10.0 Å². The van der Waals surface area contributed by atoms with Gasteiger partial charge in [-0.1, -0.05) is 12.1 Å². The van der Waals surface area contributed by atoms with E-state index in [1.54, 1.807) is 31.6 Å². The Hall–Kier alpha value is -4.02. The molecule has 5 rings (SSSR count). The number of carbonyl (C=O) groups excluding carboxylic acids is 2. The third-order valence-electron chi connectivity index (χ3n) is 6.97. The van der Waals surface area contributed by atoms with E-state index in [0.717, 1.165) is 24.4 Å². The zero-order valence-electron chi connectivity index (χ0n) is 21.8. The van der Waals surface area contributed by atoms with Gasteiger partial charge in [0.05, 0.1) is 37.9 Å². The molecule has 2 aliphatic rings. The summed E-state index contributed by atoms with van der Waals surface area (Å²) in [7, 11) is 1.60. The van der Waals surface area contributed by atoms with Gasteiger partial charge in [0.15, 0.2) is 0 Å². The van der Waals surface area contributed by atoms with Crippen LogP contribution in [0.2, 0.25) is 0 Å². The summed E-state index contributed by atoms with van der Waals surface area (Å²) in [4.78, 5) is 30.8. The minimum absolute atomic E-state index is 0.0706. The molecule has 3 heterocycles. The SMILES string of the molecule is COc1ccc(C2=NN(C(=O)CN(CCN3CCOCC3)C(=O)c3ccccc3F)[C@H](c3ccco3)C2)cc1. The van der Waals surface area contributed by atoms with Crippen LogP contribution in [-0.4, -0.2) is 85.4 Å². The van der Waals surface area contributed by atoms with Crippen molar-refractivity contribution in [1.29, 1.82) is 0 Å². The second-order valence-corrected chi connectivity index (χ2v) is 9.41. The molecule has 0 unspecified atom stereocenters. The maximum atomic E-state index is 14.6. The van der Waals surface area contributed by atoms with Crippen LogP contribution in [0.5, 0.6) is 5.75 Å². The lowest BCUT2D eigenvalue weighted by Crippen LogP contribution is -2.46. The van der Waals surface area contributed by atoms with Crippen molar-refractivity contribution in [1.82, 2.24) is 14.8 Å². The number of hydrazone groups is 1. The molecule has 2 aromatic carbocycles. The molecule has 0 aliphatic carbocycles. The van der Waals surface area contributed by atoms with Crippen molar-refractivity contribution >= 4 is 17.5 Å². The molecule has 1 fully saturated rings. The molecule has 1 saturated heterocycles. The number of halogens is 1. The molecule has 204 valence electrons. The van der Waals surface area contributed by atoms with Crippen molar-refractivity contribution in [3.05, 3.63) is 89.6 Å². The number of carbonyl (C=O) groups is 2. The van der Waals surface area contributed by atoms with Crippen molar-refractivity contribution < 1.29 is 27.9 Å². The van der Waals surface area contributed by atoms with Crippen molar-refractivity contribution in [2.24, 2.45) is 5.10 Å². The van der Waals surface area contributed by atoms with Crippen LogP contribution in [-0.2, 0) is 9.53 Å². The molecule has 1 atom stereocenters. The number of benzene rings is 2. The van der Waals surface area contributed by atoms with Crippen LogP contribution < -0.4 is 4.74 Å². The van der Waals surface area contributed by atoms with Gasteiger partial charge in [-0.05, 0) is 54.1 Å². The minimum Gasteiger partial charge on any atom is -0.497 e. The molecule has 10 heteroatoms. The second-order valence-electron chi connectivity index (χ2n) is 9.41. The average Bonchev–Trinajstić information content (AvgIpc) is 3.66. The quantitative estimate of drug-likeness (QED) is 0.417. The smallest absolute Gasteiger partial charge is 0.262 e. The van der Waals surface area contributed by atoms with E-state index >= 15 is 0 Å². The van der Waals surface area contributed by atoms with Crippen LogP contribution in [0.25, 0.3) is 0 Å². The zero-order chi connectivity index (χ0) is 27.2. The third kappa shape index (κ3) is 6.18. The summed E-state index contributed by atoms with van der Waals surface area (Å²) in [5, 5.41) is 6.05. The van der Waals surface area contributed by atoms with Crippen molar-refractivity contribution in [2.45, 2.75) is 12.5 Å². The predicted molar refractivity (Wildman–Crippen MR) is 142 cm³/mol. The first kappa shape index (κ1) is 26.6. The first-order valence-electron chi connectivity index (χ1n) is 12.9. The molecule has 2 aliphatic heterocycles. The Bertz CT molecular complexity index is 1310. The highest BCUT2D eigenvalue weighted by atomic mass is 19.1. The monoisotopic (exact) mass is 534 g/mol. The summed E-state index contributed by atoms with van der Waals surface area (Å²) >= 11 is 0. The first-order chi connectivity index (χ1) is 19.0. The number of hydrogen-bond donors (Lipinski definition) is 0. The lowest BCUT2D eigenvalue weighted by atomic mass is 10.0. The molecule has 0 saturated carbocycles. The Labute approximate surface area is 226 Å². The summed E-state index contributed by atoms with van der Waals surface area (Å²) in [6.07, 6.45) is 2.00. The summed E-state index contributed by atoms with van der Waals surface area (Å²) in [5.74, 6) is -0.235. The van der Waals surface area contributed by atoms with Crippen LogP contribution >= 0.6 is 0 Å². The minimum atomic E-state index is -0.624. The molecular weight excluding hydrogens is 503 g/mol. The molecular formula is C29H31FN4O5. The Morgan fingerprint density at radius 1 is 1.08 bits per heavy atom. The zero-order valence-corrected chi connectivity index (χ0v) is 21.8. The van der Waals surface area contributed by atoms with Gasteiger partial charge in [0.1, 0.15) is 29.9 Å². The molecule has 0 radical (unpaired) electrons. The van der Waals surface area contributed by atoms with E-state index in [4.69, 9.17) is 13.9 Å². The van der Waals surface area contributed by atoms with E-state index in [1.165, 1.54) is 28.1 Å². The predicted octanol–water partition coefficient (Wildman–Crippen LogP) is 3.58. The number of furan rings is 1. The van der Waals surface area contributed by atoms with Gasteiger partial charge >= 0.3 is 0 Å². The standard InChI is InChI=1S/C29H31FN4O5/c1-37-22-10-8-21(9-11-22)25-19-26(27-7-4-16-39-27)34(31-25)28(35)20-33(13-12-32-14-17-38-18-15-32)29(36)23-5-2-3-6-24(23)30/h2-11,16,26H,12-15,17-20H2,1H3/t26-/m0/s1.